The van der Waals surface area contributed by atoms with Crippen LogP contribution in [0.1, 0.15) is 16.7 Å². The lowest BCUT2D eigenvalue weighted by Gasteiger charge is -2.13. The zero-order chi connectivity index (χ0) is 15.6. The number of nitro benzene ring substituents is 1. The molecule has 0 saturated carbocycles. The van der Waals surface area contributed by atoms with Gasteiger partial charge >= 0.3 is 0 Å². The average molecular weight is 326 g/mol. The Morgan fingerprint density at radius 3 is 2.48 bits per heavy atom. The van der Waals surface area contributed by atoms with Crippen LogP contribution in [0, 0.1) is 24.0 Å². The molecule has 4 nitrogen and oxygen atoms in total. The van der Waals surface area contributed by atoms with Crippen LogP contribution in [-0.4, -0.2) is 4.92 Å². The van der Waals surface area contributed by atoms with Crippen LogP contribution >= 0.6 is 23.2 Å². The van der Waals surface area contributed by atoms with Crippen LogP contribution < -0.4 is 4.74 Å². The molecule has 2 aromatic carbocycles. The molecule has 0 aliphatic rings. The molecule has 0 heterocycles. The molecule has 0 unspecified atom stereocenters. The predicted molar refractivity (Wildman–Crippen MR) is 83.7 cm³/mol. The van der Waals surface area contributed by atoms with E-state index in [1.807, 2.05) is 0 Å². The Labute approximate surface area is 132 Å². The first kappa shape index (κ1) is 15.6. The van der Waals surface area contributed by atoms with Crippen LogP contribution in [0.2, 0.25) is 5.02 Å². The number of benzene rings is 2. The number of hydrogen-bond donors (Lipinski definition) is 0. The van der Waals surface area contributed by atoms with Gasteiger partial charge in [0.25, 0.3) is 5.69 Å². The highest BCUT2D eigenvalue weighted by molar-refractivity contribution is 6.30. The molecule has 0 saturated heterocycles. The summed E-state index contributed by atoms with van der Waals surface area (Å²) in [5, 5.41) is 11.5. The van der Waals surface area contributed by atoms with E-state index in [2.05, 4.69) is 0 Å². The number of ether oxygens (including phenoxy) is 1. The van der Waals surface area contributed by atoms with Crippen molar-refractivity contribution in [1.82, 2.24) is 0 Å². The van der Waals surface area contributed by atoms with E-state index in [0.717, 1.165) is 5.56 Å². The second-order valence-corrected chi connectivity index (χ2v) is 5.35. The van der Waals surface area contributed by atoms with Gasteiger partial charge < -0.3 is 4.74 Å². The molecular weight excluding hydrogens is 313 g/mol. The van der Waals surface area contributed by atoms with Crippen molar-refractivity contribution in [2.24, 2.45) is 0 Å². The lowest BCUT2D eigenvalue weighted by Crippen LogP contribution is -1.96. The maximum absolute atomic E-state index is 10.9. The maximum Gasteiger partial charge on any atom is 0.272 e. The van der Waals surface area contributed by atoms with Gasteiger partial charge in [0.05, 0.1) is 10.8 Å². The summed E-state index contributed by atoms with van der Waals surface area (Å²) in [5.41, 5.74) is 2.09. The van der Waals surface area contributed by atoms with Crippen molar-refractivity contribution < 1.29 is 9.66 Å². The summed E-state index contributed by atoms with van der Waals surface area (Å²) < 4.78 is 5.84. The second kappa shape index (κ2) is 6.33. The SMILES string of the molecule is Cc1cc([N+](=O)[O-])c(C)cc1Oc1cc(Cl)ccc1CCl. The largest absolute Gasteiger partial charge is 0.457 e. The lowest BCUT2D eigenvalue weighted by atomic mass is 10.1. The maximum atomic E-state index is 10.9. The van der Waals surface area contributed by atoms with Crippen molar-refractivity contribution in [3.05, 3.63) is 62.2 Å². The van der Waals surface area contributed by atoms with E-state index in [4.69, 9.17) is 27.9 Å². The molecular formula is C15H13Cl2NO3. The average Bonchev–Trinajstić information content (AvgIpc) is 2.42. The van der Waals surface area contributed by atoms with Crippen LogP contribution in [0.5, 0.6) is 11.5 Å². The second-order valence-electron chi connectivity index (χ2n) is 4.65. The zero-order valence-electron chi connectivity index (χ0n) is 11.5. The minimum atomic E-state index is -0.407. The Bertz CT molecular complexity index is 702. The van der Waals surface area contributed by atoms with Crippen molar-refractivity contribution >= 4 is 28.9 Å². The standard InChI is InChI=1S/C15H13Cl2NO3/c1-9-6-14(10(2)5-13(9)18(19)20)21-15-7-12(17)4-3-11(15)8-16/h3-7H,8H2,1-2H3. The molecule has 0 aliphatic heterocycles. The molecule has 21 heavy (non-hydrogen) atoms. The van der Waals surface area contributed by atoms with Gasteiger partial charge in [-0.2, -0.15) is 0 Å². The quantitative estimate of drug-likeness (QED) is 0.430. The fraction of sp³-hybridized carbons (Fsp3) is 0.200. The van der Waals surface area contributed by atoms with Gasteiger partial charge in [0.2, 0.25) is 0 Å². The number of nitrogens with zero attached hydrogens (tertiary/aromatic N) is 1. The van der Waals surface area contributed by atoms with Crippen molar-refractivity contribution in [2.75, 3.05) is 0 Å². The monoisotopic (exact) mass is 325 g/mol. The Hall–Kier alpha value is -1.78. The first-order chi connectivity index (χ1) is 9.92. The molecule has 0 spiro atoms. The number of halogens is 2. The van der Waals surface area contributed by atoms with E-state index >= 15 is 0 Å². The topological polar surface area (TPSA) is 52.4 Å². The van der Waals surface area contributed by atoms with E-state index in [-0.39, 0.29) is 11.6 Å². The summed E-state index contributed by atoms with van der Waals surface area (Å²) in [5.74, 6) is 1.39. The number of alkyl halides is 1. The zero-order valence-corrected chi connectivity index (χ0v) is 13.0. The third-order valence-corrected chi connectivity index (χ3v) is 3.61. The normalized spacial score (nSPS) is 10.5. The van der Waals surface area contributed by atoms with E-state index in [1.165, 1.54) is 6.07 Å². The highest BCUT2D eigenvalue weighted by Gasteiger charge is 2.15. The van der Waals surface area contributed by atoms with Crippen molar-refractivity contribution in [3.63, 3.8) is 0 Å². The molecule has 6 heteroatoms. The fourth-order valence-corrected chi connectivity index (χ4v) is 2.32. The fourth-order valence-electron chi connectivity index (χ4n) is 1.93. The molecule has 0 aliphatic carbocycles. The molecule has 0 N–H and O–H groups in total. The summed E-state index contributed by atoms with van der Waals surface area (Å²) >= 11 is 11.8. The predicted octanol–water partition coefficient (Wildman–Crippen LogP) is 5.40. The van der Waals surface area contributed by atoms with Gasteiger partial charge in [0, 0.05) is 22.2 Å². The molecule has 2 rings (SSSR count). The Morgan fingerprint density at radius 2 is 1.86 bits per heavy atom. The highest BCUT2D eigenvalue weighted by Crippen LogP contribution is 2.34. The Morgan fingerprint density at radius 1 is 1.14 bits per heavy atom. The summed E-state index contributed by atoms with van der Waals surface area (Å²) in [4.78, 5) is 10.5. The van der Waals surface area contributed by atoms with Crippen LogP contribution in [0.4, 0.5) is 5.69 Å². The first-order valence-electron chi connectivity index (χ1n) is 6.20. The minimum absolute atomic E-state index is 0.0727. The molecule has 0 bridgehead atoms. The molecule has 110 valence electrons. The minimum Gasteiger partial charge on any atom is -0.457 e. The Kier molecular flexibility index (Phi) is 4.70. The van der Waals surface area contributed by atoms with Gasteiger partial charge in [-0.05, 0) is 37.6 Å². The van der Waals surface area contributed by atoms with Crippen molar-refractivity contribution in [3.8, 4) is 11.5 Å². The molecule has 0 atom stereocenters. The smallest absolute Gasteiger partial charge is 0.272 e. The molecule has 0 fully saturated rings. The summed E-state index contributed by atoms with van der Waals surface area (Å²) in [7, 11) is 0. The van der Waals surface area contributed by atoms with Gasteiger partial charge in [0.15, 0.2) is 0 Å². The third-order valence-electron chi connectivity index (χ3n) is 3.08. The molecule has 0 amide bonds. The number of rotatable bonds is 4. The van der Waals surface area contributed by atoms with E-state index in [0.29, 0.717) is 27.6 Å². The van der Waals surface area contributed by atoms with Gasteiger partial charge in [-0.1, -0.05) is 17.7 Å². The summed E-state index contributed by atoms with van der Waals surface area (Å²) in [6.07, 6.45) is 0. The van der Waals surface area contributed by atoms with Crippen molar-refractivity contribution in [2.45, 2.75) is 19.7 Å². The Balaban J connectivity index is 2.43. The molecule has 0 aromatic heterocycles. The van der Waals surface area contributed by atoms with Gasteiger partial charge in [-0.3, -0.25) is 10.1 Å². The van der Waals surface area contributed by atoms with Crippen LogP contribution in [0.25, 0.3) is 0 Å². The summed E-state index contributed by atoms with van der Waals surface area (Å²) in [6.45, 7) is 3.43. The van der Waals surface area contributed by atoms with Gasteiger partial charge in [0.1, 0.15) is 11.5 Å². The van der Waals surface area contributed by atoms with Crippen molar-refractivity contribution in [1.29, 1.82) is 0 Å². The molecule has 2 aromatic rings. The van der Waals surface area contributed by atoms with Crippen LogP contribution in [0.3, 0.4) is 0 Å². The van der Waals surface area contributed by atoms with E-state index < -0.39 is 4.92 Å². The number of nitro groups is 1. The first-order valence-corrected chi connectivity index (χ1v) is 7.11. The number of aryl methyl sites for hydroxylation is 2. The van der Waals surface area contributed by atoms with E-state index in [1.54, 1.807) is 38.1 Å². The summed E-state index contributed by atoms with van der Waals surface area (Å²) in [6, 6.07) is 8.34. The van der Waals surface area contributed by atoms with Gasteiger partial charge in [-0.15, -0.1) is 11.6 Å². The van der Waals surface area contributed by atoms with Crippen LogP contribution in [0.15, 0.2) is 30.3 Å². The third kappa shape index (κ3) is 3.46. The van der Waals surface area contributed by atoms with Gasteiger partial charge in [-0.25, -0.2) is 0 Å². The molecule has 0 radical (unpaired) electrons. The highest BCUT2D eigenvalue weighted by atomic mass is 35.5. The lowest BCUT2D eigenvalue weighted by molar-refractivity contribution is -0.385. The number of hydrogen-bond acceptors (Lipinski definition) is 3. The van der Waals surface area contributed by atoms with Crippen LogP contribution in [-0.2, 0) is 5.88 Å². The van der Waals surface area contributed by atoms with E-state index in [9.17, 15) is 10.1 Å².